The third kappa shape index (κ3) is 2.24. The highest BCUT2D eigenvalue weighted by Crippen LogP contribution is 2.31. The van der Waals surface area contributed by atoms with Crippen molar-refractivity contribution in [1.82, 2.24) is 0 Å². The number of benzene rings is 2. The van der Waals surface area contributed by atoms with Crippen LogP contribution >= 0.6 is 11.6 Å². The second kappa shape index (κ2) is 4.99. The Balaban J connectivity index is 2.44. The summed E-state index contributed by atoms with van der Waals surface area (Å²) in [7, 11) is 0. The molecule has 0 atom stereocenters. The van der Waals surface area contributed by atoms with E-state index in [-0.39, 0.29) is 0 Å². The van der Waals surface area contributed by atoms with Crippen molar-refractivity contribution in [2.24, 2.45) is 0 Å². The number of halogens is 1. The van der Waals surface area contributed by atoms with Gasteiger partial charge in [0.05, 0.1) is 27.6 Å². The molecule has 2 aromatic carbocycles. The molecular formula is C14H12ClN3. The van der Waals surface area contributed by atoms with Crippen LogP contribution in [0, 0.1) is 18.3 Å². The predicted molar refractivity (Wildman–Crippen MR) is 75.0 cm³/mol. The average molecular weight is 258 g/mol. The van der Waals surface area contributed by atoms with Gasteiger partial charge in [-0.2, -0.15) is 5.26 Å². The lowest BCUT2D eigenvalue weighted by molar-refractivity contribution is 1.38. The molecule has 0 saturated carbocycles. The summed E-state index contributed by atoms with van der Waals surface area (Å²) in [6.07, 6.45) is 0. The summed E-state index contributed by atoms with van der Waals surface area (Å²) in [4.78, 5) is 0. The largest absolute Gasteiger partial charge is 0.396 e. The van der Waals surface area contributed by atoms with E-state index in [4.69, 9.17) is 22.6 Å². The third-order valence-corrected chi connectivity index (χ3v) is 3.04. The molecule has 0 heterocycles. The molecule has 18 heavy (non-hydrogen) atoms. The Morgan fingerprint density at radius 2 is 1.83 bits per heavy atom. The molecule has 3 nitrogen and oxygen atoms in total. The first-order valence-electron chi connectivity index (χ1n) is 5.44. The van der Waals surface area contributed by atoms with Crippen molar-refractivity contribution >= 4 is 28.7 Å². The first kappa shape index (κ1) is 12.3. The van der Waals surface area contributed by atoms with Crippen LogP contribution < -0.4 is 11.1 Å². The minimum absolute atomic E-state index is 0.476. The van der Waals surface area contributed by atoms with Crippen molar-refractivity contribution in [3.05, 3.63) is 52.5 Å². The van der Waals surface area contributed by atoms with E-state index in [9.17, 15) is 0 Å². The van der Waals surface area contributed by atoms with Crippen molar-refractivity contribution < 1.29 is 0 Å². The fourth-order valence-electron chi connectivity index (χ4n) is 1.71. The Bertz CT molecular complexity index is 629. The van der Waals surface area contributed by atoms with Crippen LogP contribution in [-0.4, -0.2) is 0 Å². The average Bonchev–Trinajstić information content (AvgIpc) is 2.35. The van der Waals surface area contributed by atoms with Crippen molar-refractivity contribution in [3.8, 4) is 6.07 Å². The number of nitrogens with one attached hydrogen (secondary N) is 1. The number of anilines is 3. The summed E-state index contributed by atoms with van der Waals surface area (Å²) in [5.74, 6) is 0. The number of rotatable bonds is 2. The van der Waals surface area contributed by atoms with Crippen LogP contribution in [-0.2, 0) is 0 Å². The van der Waals surface area contributed by atoms with Gasteiger partial charge in [-0.25, -0.2) is 0 Å². The maximum absolute atomic E-state index is 9.15. The fourth-order valence-corrected chi connectivity index (χ4v) is 1.89. The van der Waals surface area contributed by atoms with Crippen LogP contribution in [0.15, 0.2) is 36.4 Å². The van der Waals surface area contributed by atoms with Gasteiger partial charge in [-0.3, -0.25) is 0 Å². The van der Waals surface area contributed by atoms with Gasteiger partial charge in [-0.05, 0) is 30.7 Å². The molecule has 2 aromatic rings. The number of hydrogen-bond acceptors (Lipinski definition) is 3. The van der Waals surface area contributed by atoms with Gasteiger partial charge in [0, 0.05) is 0 Å². The Morgan fingerprint density at radius 1 is 1.17 bits per heavy atom. The van der Waals surface area contributed by atoms with Crippen LogP contribution in [0.2, 0.25) is 5.02 Å². The summed E-state index contributed by atoms with van der Waals surface area (Å²) in [5, 5.41) is 12.8. The van der Waals surface area contributed by atoms with E-state index in [1.807, 2.05) is 37.3 Å². The van der Waals surface area contributed by atoms with E-state index < -0.39 is 0 Å². The van der Waals surface area contributed by atoms with E-state index >= 15 is 0 Å². The summed E-state index contributed by atoms with van der Waals surface area (Å²) in [5.41, 5.74) is 9.31. The monoisotopic (exact) mass is 257 g/mol. The van der Waals surface area contributed by atoms with Crippen molar-refractivity contribution in [1.29, 1.82) is 5.26 Å². The molecule has 0 bridgehead atoms. The van der Waals surface area contributed by atoms with Gasteiger partial charge in [-0.15, -0.1) is 0 Å². The normalized spacial score (nSPS) is 9.83. The molecule has 0 aromatic heterocycles. The minimum Gasteiger partial charge on any atom is -0.396 e. The zero-order valence-corrected chi connectivity index (χ0v) is 10.6. The zero-order valence-electron chi connectivity index (χ0n) is 9.87. The number of nitrogens with zero attached hydrogens (tertiary/aromatic N) is 1. The maximum atomic E-state index is 9.15. The van der Waals surface area contributed by atoms with Crippen LogP contribution in [0.25, 0.3) is 0 Å². The number of para-hydroxylation sites is 1. The van der Waals surface area contributed by atoms with Gasteiger partial charge in [0.2, 0.25) is 0 Å². The van der Waals surface area contributed by atoms with Crippen LogP contribution in [0.5, 0.6) is 0 Å². The van der Waals surface area contributed by atoms with E-state index in [1.165, 1.54) is 0 Å². The third-order valence-electron chi connectivity index (χ3n) is 2.71. The highest BCUT2D eigenvalue weighted by molar-refractivity contribution is 6.33. The van der Waals surface area contributed by atoms with Crippen molar-refractivity contribution in [2.45, 2.75) is 6.92 Å². The fraction of sp³-hybridized carbons (Fsp3) is 0.0714. The molecule has 0 aliphatic carbocycles. The molecule has 0 aliphatic heterocycles. The molecule has 90 valence electrons. The first-order valence-corrected chi connectivity index (χ1v) is 5.82. The lowest BCUT2D eigenvalue weighted by atomic mass is 10.1. The quantitative estimate of drug-likeness (QED) is 0.804. The SMILES string of the molecule is Cc1cccc(Nc2cccc(Cl)c2N)c1C#N. The number of nitrogen functional groups attached to an aromatic ring is 1. The second-order valence-electron chi connectivity index (χ2n) is 3.94. The molecule has 0 saturated heterocycles. The molecule has 0 unspecified atom stereocenters. The highest BCUT2D eigenvalue weighted by Gasteiger charge is 2.08. The topological polar surface area (TPSA) is 61.8 Å². The Morgan fingerprint density at radius 3 is 2.56 bits per heavy atom. The zero-order chi connectivity index (χ0) is 13.1. The molecule has 0 fully saturated rings. The van der Waals surface area contributed by atoms with Gasteiger partial charge in [-0.1, -0.05) is 29.8 Å². The summed E-state index contributed by atoms with van der Waals surface area (Å²) in [6.45, 7) is 1.89. The number of nitriles is 1. The molecule has 0 spiro atoms. The number of aryl methyl sites for hydroxylation is 1. The van der Waals surface area contributed by atoms with Crippen molar-refractivity contribution in [2.75, 3.05) is 11.1 Å². The summed E-state index contributed by atoms with van der Waals surface area (Å²) < 4.78 is 0. The Hall–Kier alpha value is -2.18. The van der Waals surface area contributed by atoms with Gasteiger partial charge in [0.25, 0.3) is 0 Å². The summed E-state index contributed by atoms with van der Waals surface area (Å²) >= 11 is 5.95. The number of hydrogen-bond donors (Lipinski definition) is 2. The lowest BCUT2D eigenvalue weighted by Crippen LogP contribution is -1.99. The predicted octanol–water partition coefficient (Wildman–Crippen LogP) is 3.85. The maximum Gasteiger partial charge on any atom is 0.102 e. The van der Waals surface area contributed by atoms with Gasteiger partial charge in [0.1, 0.15) is 6.07 Å². The molecule has 0 amide bonds. The smallest absolute Gasteiger partial charge is 0.102 e. The minimum atomic E-state index is 0.476. The molecule has 4 heteroatoms. The van der Waals surface area contributed by atoms with Gasteiger partial charge >= 0.3 is 0 Å². The second-order valence-corrected chi connectivity index (χ2v) is 4.34. The van der Waals surface area contributed by atoms with E-state index in [1.54, 1.807) is 6.07 Å². The number of nitrogens with two attached hydrogens (primary N) is 1. The van der Waals surface area contributed by atoms with E-state index in [0.29, 0.717) is 22.0 Å². The highest BCUT2D eigenvalue weighted by atomic mass is 35.5. The lowest BCUT2D eigenvalue weighted by Gasteiger charge is -2.12. The van der Waals surface area contributed by atoms with Crippen LogP contribution in [0.4, 0.5) is 17.1 Å². The van der Waals surface area contributed by atoms with Gasteiger partial charge < -0.3 is 11.1 Å². The molecule has 0 aliphatic rings. The molecule has 0 radical (unpaired) electrons. The van der Waals surface area contributed by atoms with Crippen LogP contribution in [0.1, 0.15) is 11.1 Å². The standard InChI is InChI=1S/C14H12ClN3/c1-9-4-2-6-12(10(9)8-16)18-13-7-3-5-11(15)14(13)17/h2-7,18H,17H2,1H3. The Kier molecular flexibility index (Phi) is 3.40. The van der Waals surface area contributed by atoms with E-state index in [0.717, 1.165) is 11.3 Å². The van der Waals surface area contributed by atoms with Crippen LogP contribution in [0.3, 0.4) is 0 Å². The summed E-state index contributed by atoms with van der Waals surface area (Å²) in [6, 6.07) is 13.2. The Labute approximate surface area is 111 Å². The van der Waals surface area contributed by atoms with E-state index in [2.05, 4.69) is 11.4 Å². The van der Waals surface area contributed by atoms with Crippen molar-refractivity contribution in [3.63, 3.8) is 0 Å². The van der Waals surface area contributed by atoms with Gasteiger partial charge in [0.15, 0.2) is 0 Å². The first-order chi connectivity index (χ1) is 8.63. The molecule has 2 rings (SSSR count). The molecular weight excluding hydrogens is 246 g/mol. The molecule has 3 N–H and O–H groups in total.